The quantitative estimate of drug-likeness (QED) is 0.346. The van der Waals surface area contributed by atoms with Gasteiger partial charge in [0.1, 0.15) is 12.9 Å². The van der Waals surface area contributed by atoms with Gasteiger partial charge >= 0.3 is 0 Å². The molecule has 0 saturated heterocycles. The van der Waals surface area contributed by atoms with Gasteiger partial charge in [-0.05, 0) is 65.8 Å². The van der Waals surface area contributed by atoms with Gasteiger partial charge in [-0.1, -0.05) is 71.4 Å². The summed E-state index contributed by atoms with van der Waals surface area (Å²) in [7, 11) is 1.60. The van der Waals surface area contributed by atoms with Gasteiger partial charge in [-0.25, -0.2) is 4.39 Å². The van der Waals surface area contributed by atoms with Gasteiger partial charge in [-0.15, -0.1) is 0 Å². The number of rotatable bonds is 4. The molecular formula is C26H24FNO. The van der Waals surface area contributed by atoms with Crippen LogP contribution in [0.15, 0.2) is 71.4 Å². The number of hydrogen-bond donors (Lipinski definition) is 0. The van der Waals surface area contributed by atoms with E-state index in [1.54, 1.807) is 19.2 Å². The summed E-state index contributed by atoms with van der Waals surface area (Å²) in [6.07, 6.45) is 7.18. The molecule has 0 amide bonds. The molecule has 0 aliphatic heterocycles. The number of benzene rings is 3. The molecule has 2 nitrogen and oxygen atoms in total. The Kier molecular flexibility index (Phi) is 5.57. The van der Waals surface area contributed by atoms with E-state index < -0.39 is 0 Å². The van der Waals surface area contributed by atoms with Crippen LogP contribution in [0.3, 0.4) is 0 Å². The van der Waals surface area contributed by atoms with Crippen LogP contribution in [0.4, 0.5) is 4.39 Å². The summed E-state index contributed by atoms with van der Waals surface area (Å²) in [5, 5.41) is 6.76. The van der Waals surface area contributed by atoms with Crippen LogP contribution in [0.25, 0.3) is 28.5 Å². The molecule has 0 saturated carbocycles. The van der Waals surface area contributed by atoms with Crippen LogP contribution in [-0.4, -0.2) is 12.8 Å². The average Bonchev–Trinajstić information content (AvgIpc) is 2.74. The van der Waals surface area contributed by atoms with E-state index in [0.717, 1.165) is 36.1 Å². The average molecular weight is 385 g/mol. The molecule has 0 unspecified atom stereocenters. The van der Waals surface area contributed by atoms with Crippen LogP contribution < -0.4 is 0 Å². The van der Waals surface area contributed by atoms with Crippen LogP contribution in [0, 0.1) is 5.82 Å². The molecule has 0 atom stereocenters. The van der Waals surface area contributed by atoms with Crippen molar-refractivity contribution in [2.75, 3.05) is 7.11 Å². The van der Waals surface area contributed by atoms with Crippen molar-refractivity contribution in [2.24, 2.45) is 5.16 Å². The lowest BCUT2D eigenvalue weighted by atomic mass is 9.82. The van der Waals surface area contributed by atoms with Gasteiger partial charge in [0.2, 0.25) is 0 Å². The van der Waals surface area contributed by atoms with Gasteiger partial charge in [0.15, 0.2) is 0 Å². The van der Waals surface area contributed by atoms with Crippen LogP contribution in [0.5, 0.6) is 0 Å². The lowest BCUT2D eigenvalue weighted by molar-refractivity contribution is 0.213. The summed E-state index contributed by atoms with van der Waals surface area (Å²) in [6, 6.07) is 19.3. The zero-order chi connectivity index (χ0) is 20.2. The van der Waals surface area contributed by atoms with Gasteiger partial charge in [0.05, 0.1) is 5.71 Å². The van der Waals surface area contributed by atoms with E-state index in [9.17, 15) is 4.39 Å². The Morgan fingerprint density at radius 3 is 2.52 bits per heavy atom. The second kappa shape index (κ2) is 8.44. The predicted molar refractivity (Wildman–Crippen MR) is 120 cm³/mol. The van der Waals surface area contributed by atoms with E-state index >= 15 is 0 Å². The highest BCUT2D eigenvalue weighted by molar-refractivity contribution is 6.28. The van der Waals surface area contributed by atoms with E-state index in [4.69, 9.17) is 4.84 Å². The highest BCUT2D eigenvalue weighted by atomic mass is 19.1. The molecule has 0 fully saturated rings. The normalized spacial score (nSPS) is 16.2. The second-order valence-electron chi connectivity index (χ2n) is 7.37. The zero-order valence-electron chi connectivity index (χ0n) is 16.8. The molecule has 1 aliphatic carbocycles. The molecule has 0 radical (unpaired) electrons. The monoisotopic (exact) mass is 385 g/mol. The van der Waals surface area contributed by atoms with Crippen LogP contribution in [-0.2, 0) is 4.84 Å². The minimum Gasteiger partial charge on any atom is -0.399 e. The van der Waals surface area contributed by atoms with Gasteiger partial charge in [-0.2, -0.15) is 0 Å². The van der Waals surface area contributed by atoms with Gasteiger partial charge in [0.25, 0.3) is 0 Å². The third-order valence-electron chi connectivity index (χ3n) is 5.42. The molecule has 0 heterocycles. The SMILES string of the molecule is CON=C1CCCC(C)=C1c1c(C=Cc2ccc(F)cc2)ccc2ccccc12. The fourth-order valence-electron chi connectivity index (χ4n) is 4.04. The van der Waals surface area contributed by atoms with E-state index in [1.807, 2.05) is 6.08 Å². The minimum absolute atomic E-state index is 0.225. The van der Waals surface area contributed by atoms with Crippen molar-refractivity contribution in [1.82, 2.24) is 0 Å². The molecule has 146 valence electrons. The summed E-state index contributed by atoms with van der Waals surface area (Å²) in [5.74, 6) is -0.225. The lowest BCUT2D eigenvalue weighted by Gasteiger charge is -2.23. The molecule has 29 heavy (non-hydrogen) atoms. The Labute approximate surface area is 171 Å². The summed E-state index contributed by atoms with van der Waals surface area (Å²) in [4.78, 5) is 5.17. The molecule has 4 rings (SSSR count). The van der Waals surface area contributed by atoms with Crippen molar-refractivity contribution in [1.29, 1.82) is 0 Å². The molecule has 0 spiro atoms. The highest BCUT2D eigenvalue weighted by Crippen LogP contribution is 2.37. The Balaban J connectivity index is 1.92. The number of hydrogen-bond acceptors (Lipinski definition) is 2. The Bertz CT molecular complexity index is 1120. The second-order valence-corrected chi connectivity index (χ2v) is 7.37. The summed E-state index contributed by atoms with van der Waals surface area (Å²) >= 11 is 0. The smallest absolute Gasteiger partial charge is 0.123 e. The standard InChI is InChI=1S/C26H24FNO/c1-18-6-5-9-24(28-29-2)25(18)26-21(13-10-19-11-16-22(27)17-12-19)15-14-20-7-3-4-8-23(20)26/h3-4,7-8,10-17H,5-6,9H2,1-2H3. The van der Waals surface area contributed by atoms with E-state index in [2.05, 4.69) is 54.6 Å². The lowest BCUT2D eigenvalue weighted by Crippen LogP contribution is -2.12. The van der Waals surface area contributed by atoms with Crippen LogP contribution in [0.2, 0.25) is 0 Å². The molecule has 3 aromatic carbocycles. The third-order valence-corrected chi connectivity index (χ3v) is 5.42. The largest absolute Gasteiger partial charge is 0.399 e. The molecule has 0 aromatic heterocycles. The topological polar surface area (TPSA) is 21.6 Å². The van der Waals surface area contributed by atoms with E-state index in [0.29, 0.717) is 0 Å². The summed E-state index contributed by atoms with van der Waals surface area (Å²) in [6.45, 7) is 2.19. The molecule has 0 N–H and O–H groups in total. The van der Waals surface area contributed by atoms with Gasteiger partial charge in [0, 0.05) is 5.57 Å². The van der Waals surface area contributed by atoms with Crippen molar-refractivity contribution >= 4 is 34.2 Å². The fraction of sp³-hybridized carbons (Fsp3) is 0.192. The predicted octanol–water partition coefficient (Wildman–Crippen LogP) is 7.11. The summed E-state index contributed by atoms with van der Waals surface area (Å²) < 4.78 is 13.2. The van der Waals surface area contributed by atoms with Crippen molar-refractivity contribution in [3.8, 4) is 0 Å². The van der Waals surface area contributed by atoms with Gasteiger partial charge in [-0.3, -0.25) is 0 Å². The molecule has 0 bridgehead atoms. The maximum absolute atomic E-state index is 13.2. The maximum Gasteiger partial charge on any atom is 0.123 e. The van der Waals surface area contributed by atoms with Crippen molar-refractivity contribution < 1.29 is 9.23 Å². The molecule has 3 aromatic rings. The number of halogens is 1. The Morgan fingerprint density at radius 2 is 1.72 bits per heavy atom. The van der Waals surface area contributed by atoms with Gasteiger partial charge < -0.3 is 4.84 Å². The summed E-state index contributed by atoms with van der Waals surface area (Å²) in [5.41, 5.74) is 6.80. The Morgan fingerprint density at radius 1 is 0.931 bits per heavy atom. The highest BCUT2D eigenvalue weighted by Gasteiger charge is 2.22. The fourth-order valence-corrected chi connectivity index (χ4v) is 4.04. The molecular weight excluding hydrogens is 361 g/mol. The van der Waals surface area contributed by atoms with E-state index in [1.165, 1.54) is 39.6 Å². The third kappa shape index (κ3) is 4.00. The first-order valence-electron chi connectivity index (χ1n) is 9.93. The zero-order valence-corrected chi connectivity index (χ0v) is 16.8. The molecule has 3 heteroatoms. The minimum atomic E-state index is -0.225. The first-order valence-corrected chi connectivity index (χ1v) is 9.93. The number of fused-ring (bicyclic) bond motifs is 1. The first-order chi connectivity index (χ1) is 14.2. The first kappa shape index (κ1) is 19.1. The number of nitrogens with zero attached hydrogens (tertiary/aromatic N) is 1. The van der Waals surface area contributed by atoms with Crippen LogP contribution in [0.1, 0.15) is 42.9 Å². The number of allylic oxidation sites excluding steroid dienone is 2. The van der Waals surface area contributed by atoms with Crippen molar-refractivity contribution in [2.45, 2.75) is 26.2 Å². The molecule has 1 aliphatic rings. The van der Waals surface area contributed by atoms with E-state index in [-0.39, 0.29) is 5.82 Å². The van der Waals surface area contributed by atoms with Crippen molar-refractivity contribution in [3.05, 3.63) is 88.7 Å². The maximum atomic E-state index is 13.2. The van der Waals surface area contributed by atoms with Crippen LogP contribution >= 0.6 is 0 Å². The van der Waals surface area contributed by atoms with Crippen molar-refractivity contribution in [3.63, 3.8) is 0 Å². The Hall–Kier alpha value is -3.20. The number of oxime groups is 1.